The third kappa shape index (κ3) is 2.12. The molecular weight excluding hydrogens is 244 g/mol. The predicted octanol–water partition coefficient (Wildman–Crippen LogP) is -1.59. The molecule has 0 radical (unpaired) electrons. The summed E-state index contributed by atoms with van der Waals surface area (Å²) in [7, 11) is 0.704. The third-order valence-electron chi connectivity index (χ3n) is 2.97. The van der Waals surface area contributed by atoms with Crippen LogP contribution >= 0.6 is 0 Å². The van der Waals surface area contributed by atoms with Crippen LogP contribution < -0.4 is 0 Å². The van der Waals surface area contributed by atoms with E-state index >= 15 is 0 Å². The van der Waals surface area contributed by atoms with Crippen LogP contribution in [0.5, 0.6) is 0 Å². The van der Waals surface area contributed by atoms with E-state index in [1.54, 1.807) is 0 Å². The topological polar surface area (TPSA) is 61.8 Å². The molecule has 1 rings (SSSR count). The fourth-order valence-corrected chi connectivity index (χ4v) is 3.64. The van der Waals surface area contributed by atoms with Crippen LogP contribution in [0.2, 0.25) is 0 Å². The minimum Gasteiger partial charge on any atom is -0.393 e. The summed E-state index contributed by atoms with van der Waals surface area (Å²) in [5, 5.41) is 0. The lowest BCUT2D eigenvalue weighted by molar-refractivity contribution is -0.230. The molecule has 1 atom stereocenters. The molecule has 0 spiro atoms. The fourth-order valence-electron chi connectivity index (χ4n) is 2.07. The largest absolute Gasteiger partial charge is 0.393 e. The maximum absolute atomic E-state index is 11.8. The van der Waals surface area contributed by atoms with Crippen LogP contribution in [0.25, 0.3) is 0 Å². The van der Waals surface area contributed by atoms with Crippen molar-refractivity contribution in [3.8, 4) is 0 Å². The van der Waals surface area contributed by atoms with Gasteiger partial charge in [0, 0.05) is 5.92 Å². The molecule has 0 aromatic rings. The Morgan fingerprint density at radius 2 is 1.81 bits per heavy atom. The van der Waals surface area contributed by atoms with Gasteiger partial charge in [0.05, 0.1) is 6.42 Å². The molecule has 1 saturated heterocycles. The summed E-state index contributed by atoms with van der Waals surface area (Å²) in [4.78, 5) is 23.1. The molecule has 1 heterocycles. The van der Waals surface area contributed by atoms with Crippen molar-refractivity contribution in [2.45, 2.75) is 33.0 Å². The predicted molar refractivity (Wildman–Crippen MR) is 63.4 cm³/mol. The fraction of sp³-hybridized carbons (Fsp3) is 0.778. The van der Waals surface area contributed by atoms with Gasteiger partial charge in [0.25, 0.3) is 5.79 Å². The Balaban J connectivity index is 3.17. The zero-order valence-electron chi connectivity index (χ0n) is 10.3. The lowest BCUT2D eigenvalue weighted by atomic mass is 9.72. The summed E-state index contributed by atoms with van der Waals surface area (Å²) in [5.74, 6) is -2.86. The minimum absolute atomic E-state index is 0.152. The van der Waals surface area contributed by atoms with Crippen LogP contribution in [0.15, 0.2) is 0 Å². The summed E-state index contributed by atoms with van der Waals surface area (Å²) in [6.07, 6.45) is 0.152. The van der Waals surface area contributed by atoms with Gasteiger partial charge < -0.3 is 13.6 Å². The van der Waals surface area contributed by atoms with E-state index in [1.165, 1.54) is 0 Å². The molecule has 0 amide bonds. The average molecular weight is 262 g/mol. The van der Waals surface area contributed by atoms with Crippen molar-refractivity contribution in [2.24, 2.45) is 11.3 Å². The molecule has 1 fully saturated rings. The van der Waals surface area contributed by atoms with Gasteiger partial charge in [-0.05, 0) is 5.41 Å². The lowest BCUT2D eigenvalue weighted by Gasteiger charge is -2.45. The van der Waals surface area contributed by atoms with Crippen LogP contribution in [0.4, 0.5) is 0 Å². The highest BCUT2D eigenvalue weighted by atomic mass is 28.2. The van der Waals surface area contributed by atoms with Crippen molar-refractivity contribution < 1.29 is 23.2 Å². The van der Waals surface area contributed by atoms with Crippen LogP contribution in [0, 0.1) is 11.3 Å². The number of ether oxygens (including phenoxy) is 1. The van der Waals surface area contributed by atoms with Crippen molar-refractivity contribution in [1.29, 1.82) is 0 Å². The van der Waals surface area contributed by atoms with Crippen LogP contribution in [0.1, 0.15) is 27.2 Å². The Labute approximate surface area is 101 Å². The zero-order valence-corrected chi connectivity index (χ0v) is 14.3. The van der Waals surface area contributed by atoms with Gasteiger partial charge in [0.1, 0.15) is 0 Å². The zero-order chi connectivity index (χ0) is 12.6. The van der Waals surface area contributed by atoms with Crippen LogP contribution in [-0.4, -0.2) is 38.7 Å². The number of carbonyl (C=O) groups is 2. The molecule has 0 bridgehead atoms. The van der Waals surface area contributed by atoms with E-state index in [1.807, 2.05) is 20.8 Å². The van der Waals surface area contributed by atoms with Crippen molar-refractivity contribution in [2.75, 3.05) is 0 Å². The average Bonchev–Trinajstić information content (AvgIpc) is 2.16. The highest BCUT2D eigenvalue weighted by Crippen LogP contribution is 2.42. The summed E-state index contributed by atoms with van der Waals surface area (Å²) < 4.78 is 15.3. The molecule has 1 aliphatic heterocycles. The number of hydrogen-bond donors (Lipinski definition) is 0. The molecule has 1 aliphatic rings. The first-order valence-electron chi connectivity index (χ1n) is 5.13. The number of hydrogen-bond acceptors (Lipinski definition) is 5. The van der Waals surface area contributed by atoms with Crippen molar-refractivity contribution >= 4 is 32.9 Å². The molecule has 1 unspecified atom stereocenters. The molecule has 0 aromatic heterocycles. The molecule has 5 nitrogen and oxygen atoms in total. The maximum atomic E-state index is 11.8. The number of cyclic esters (lactones) is 2. The quantitative estimate of drug-likeness (QED) is 0.260. The maximum Gasteiger partial charge on any atom is 0.372 e. The van der Waals surface area contributed by atoms with Gasteiger partial charge in [-0.3, -0.25) is 4.79 Å². The highest BCUT2D eigenvalue weighted by Gasteiger charge is 2.56. The molecule has 0 saturated carbocycles. The molecular formula is C9H18O5Si2. The van der Waals surface area contributed by atoms with E-state index in [2.05, 4.69) is 4.74 Å². The number of carbonyl (C=O) groups excluding carboxylic acids is 2. The van der Waals surface area contributed by atoms with E-state index in [4.69, 9.17) is 8.85 Å². The van der Waals surface area contributed by atoms with Gasteiger partial charge in [-0.25, -0.2) is 4.79 Å². The Morgan fingerprint density at radius 1 is 1.31 bits per heavy atom. The molecule has 0 aromatic carbocycles. The Morgan fingerprint density at radius 3 is 2.19 bits per heavy atom. The van der Waals surface area contributed by atoms with E-state index in [9.17, 15) is 9.59 Å². The normalized spacial score (nSPS) is 31.8. The van der Waals surface area contributed by atoms with Gasteiger partial charge >= 0.3 is 11.9 Å². The van der Waals surface area contributed by atoms with E-state index in [0.717, 1.165) is 0 Å². The van der Waals surface area contributed by atoms with Crippen molar-refractivity contribution in [1.82, 2.24) is 0 Å². The van der Waals surface area contributed by atoms with Gasteiger partial charge in [0.15, 0.2) is 21.0 Å². The Kier molecular flexibility index (Phi) is 3.73. The first-order valence-corrected chi connectivity index (χ1v) is 6.76. The summed E-state index contributed by atoms with van der Waals surface area (Å²) in [5.41, 5.74) is -0.260. The molecule has 7 heteroatoms. The monoisotopic (exact) mass is 262 g/mol. The van der Waals surface area contributed by atoms with E-state index in [0.29, 0.717) is 21.0 Å². The molecule has 92 valence electrons. The summed E-state index contributed by atoms with van der Waals surface area (Å²) in [6.45, 7) is 5.87. The number of rotatable bonds is 2. The Hall–Kier alpha value is -0.506. The second kappa shape index (κ2) is 4.40. The van der Waals surface area contributed by atoms with Crippen LogP contribution in [-0.2, 0) is 23.2 Å². The summed E-state index contributed by atoms with van der Waals surface area (Å²) in [6, 6.07) is 0. The molecule has 0 aliphatic carbocycles. The van der Waals surface area contributed by atoms with E-state index in [-0.39, 0.29) is 17.8 Å². The SMILES string of the molecule is CC(C)(C)C1CC(=O)OC(=O)C1(O[SiH3])O[SiH3]. The van der Waals surface area contributed by atoms with Crippen molar-refractivity contribution in [3.05, 3.63) is 0 Å². The Bertz CT molecular complexity index is 306. The second-order valence-electron chi connectivity index (χ2n) is 4.96. The van der Waals surface area contributed by atoms with E-state index < -0.39 is 17.7 Å². The standard InChI is InChI=1S/C9H18O5Si2/c1-8(2,3)5-4-6(10)12-7(11)9(5,13-15)14-16/h5H,4H2,1-3,15-16H3. The third-order valence-corrected chi connectivity index (χ3v) is 4.19. The minimum atomic E-state index is -1.36. The second-order valence-corrected chi connectivity index (χ2v) is 5.78. The number of esters is 2. The van der Waals surface area contributed by atoms with Crippen LogP contribution in [0.3, 0.4) is 0 Å². The van der Waals surface area contributed by atoms with Gasteiger partial charge in [-0.15, -0.1) is 0 Å². The molecule has 0 N–H and O–H groups in total. The lowest BCUT2D eigenvalue weighted by Crippen LogP contribution is -2.59. The smallest absolute Gasteiger partial charge is 0.372 e. The highest BCUT2D eigenvalue weighted by molar-refractivity contribution is 6.05. The van der Waals surface area contributed by atoms with Gasteiger partial charge in [0.2, 0.25) is 0 Å². The first kappa shape index (κ1) is 13.6. The van der Waals surface area contributed by atoms with Crippen molar-refractivity contribution in [3.63, 3.8) is 0 Å². The van der Waals surface area contributed by atoms with Gasteiger partial charge in [-0.2, -0.15) is 0 Å². The summed E-state index contributed by atoms with van der Waals surface area (Å²) >= 11 is 0. The first-order chi connectivity index (χ1) is 7.28. The molecule has 16 heavy (non-hydrogen) atoms. The van der Waals surface area contributed by atoms with Gasteiger partial charge in [-0.1, -0.05) is 20.8 Å².